The highest BCUT2D eigenvalue weighted by Gasteiger charge is 2.63. The van der Waals surface area contributed by atoms with Gasteiger partial charge in [-0.3, -0.25) is 34.2 Å². The van der Waals surface area contributed by atoms with Crippen LogP contribution in [0.1, 0.15) is 67.9 Å². The van der Waals surface area contributed by atoms with Crippen LogP contribution in [0.15, 0.2) is 47.4 Å². The highest BCUT2D eigenvalue weighted by molar-refractivity contribution is 6.33. The van der Waals surface area contributed by atoms with E-state index in [1.807, 2.05) is 36.9 Å². The number of rotatable bonds is 11. The Kier molecular flexibility index (Phi) is 11.7. The third-order valence-corrected chi connectivity index (χ3v) is 13.9. The molecule has 2 aromatic carbocycles. The lowest BCUT2D eigenvalue weighted by atomic mass is 9.68. The van der Waals surface area contributed by atoms with Gasteiger partial charge in [0.25, 0.3) is 23.3 Å². The van der Waals surface area contributed by atoms with E-state index in [0.717, 1.165) is 12.8 Å². The van der Waals surface area contributed by atoms with Crippen molar-refractivity contribution in [3.05, 3.63) is 74.9 Å². The largest absolute Gasteiger partial charge is 0.478 e. The standard InChI is InChI=1S/C45H50ClF3N10O6/c1-25(2)59-32-6-4-28(16-27(32)17-35(42(59)64)65-21-37(61)50-3)52-39-31(46)18-51-43(54-39)56-13-10-26(11-14-56)19-55-15-12-44(45(48,49)24-55)22-57(23-44)33-7-5-29-30(38(33)47)20-58(41(29)63)34-8-9-36(60)53-40(34)62/h4-7,16-18,25-26,34H,8-15,19-24H2,1-3H3,(H,50,61)(H,51,52,54)(H,53,60,62). The first-order valence-electron chi connectivity index (χ1n) is 21.9. The number of piperidine rings is 3. The van der Waals surface area contributed by atoms with Gasteiger partial charge in [-0.15, -0.1) is 0 Å². The average Bonchev–Trinajstić information content (AvgIpc) is 3.59. The molecule has 20 heteroatoms. The second-order valence-electron chi connectivity index (χ2n) is 18.1. The number of anilines is 4. The second kappa shape index (κ2) is 17.1. The Bertz CT molecular complexity index is 2650. The molecule has 2 aromatic heterocycles. The molecule has 344 valence electrons. The fraction of sp³-hybridized carbons (Fsp3) is 0.489. The highest BCUT2D eigenvalue weighted by Crippen LogP contribution is 2.52. The van der Waals surface area contributed by atoms with E-state index in [2.05, 4.69) is 25.8 Å². The number of fused-ring (bicyclic) bond motifs is 2. The predicted octanol–water partition coefficient (Wildman–Crippen LogP) is 4.86. The van der Waals surface area contributed by atoms with Gasteiger partial charge in [0, 0.05) is 74.4 Å². The van der Waals surface area contributed by atoms with Gasteiger partial charge >= 0.3 is 0 Å². The van der Waals surface area contributed by atoms with Crippen LogP contribution in [0, 0.1) is 17.2 Å². The molecule has 0 saturated carbocycles. The molecule has 3 N–H and O–H groups in total. The first-order chi connectivity index (χ1) is 31.0. The topological polar surface area (TPSA) is 174 Å². The van der Waals surface area contributed by atoms with Crippen molar-refractivity contribution in [3.8, 4) is 5.75 Å². The molecule has 7 heterocycles. The van der Waals surface area contributed by atoms with Crippen molar-refractivity contribution < 1.29 is 37.1 Å². The van der Waals surface area contributed by atoms with Crippen LogP contribution in [0.2, 0.25) is 5.02 Å². The fourth-order valence-electron chi connectivity index (χ4n) is 9.96. The minimum Gasteiger partial charge on any atom is -0.478 e. The Morgan fingerprint density at radius 2 is 1.78 bits per heavy atom. The SMILES string of the molecule is CNC(=O)COc1cc2cc(Nc3nc(N4CCC(CN5CCC6(CN(c7ccc8c(c7F)CN(C7CCC(=O)NC7=O)C8=O)C6)C(F)(F)C5)CC4)ncc3Cl)ccc2n(C(C)C)c1=O. The van der Waals surface area contributed by atoms with Crippen LogP contribution in [0.3, 0.4) is 0 Å². The number of aromatic nitrogens is 3. The number of hydrogen-bond donors (Lipinski definition) is 3. The molecule has 0 radical (unpaired) electrons. The molecule has 4 amide bonds. The van der Waals surface area contributed by atoms with Gasteiger partial charge in [0.1, 0.15) is 11.1 Å². The maximum absolute atomic E-state index is 16.1. The molecule has 5 aliphatic heterocycles. The molecule has 9 rings (SSSR count). The van der Waals surface area contributed by atoms with Crippen molar-refractivity contribution in [2.75, 3.05) is 74.6 Å². The molecule has 0 bridgehead atoms. The van der Waals surface area contributed by atoms with Gasteiger partial charge in [-0.25, -0.2) is 18.2 Å². The zero-order valence-electron chi connectivity index (χ0n) is 36.3. The quantitative estimate of drug-likeness (QED) is 0.175. The summed E-state index contributed by atoms with van der Waals surface area (Å²) in [5.74, 6) is -4.40. The number of nitrogens with zero attached hydrogens (tertiary/aromatic N) is 7. The summed E-state index contributed by atoms with van der Waals surface area (Å²) in [7, 11) is 1.49. The minimum atomic E-state index is -3.00. The zero-order valence-corrected chi connectivity index (χ0v) is 37.0. The highest BCUT2D eigenvalue weighted by atomic mass is 35.5. The van der Waals surface area contributed by atoms with Crippen LogP contribution in [0.25, 0.3) is 10.9 Å². The number of hydrogen-bond acceptors (Lipinski definition) is 12. The average molecular weight is 919 g/mol. The number of amides is 4. The summed E-state index contributed by atoms with van der Waals surface area (Å²) in [6, 6.07) is 9.00. The van der Waals surface area contributed by atoms with E-state index in [0.29, 0.717) is 59.6 Å². The normalized spacial score (nSPS) is 20.9. The van der Waals surface area contributed by atoms with Crippen molar-refractivity contribution in [2.45, 2.75) is 70.5 Å². The van der Waals surface area contributed by atoms with Gasteiger partial charge in [0.2, 0.25) is 17.8 Å². The summed E-state index contributed by atoms with van der Waals surface area (Å²) in [5, 5.41) is 9.00. The van der Waals surface area contributed by atoms with E-state index < -0.39 is 40.9 Å². The number of ether oxygens (including phenoxy) is 1. The van der Waals surface area contributed by atoms with Crippen molar-refractivity contribution in [2.24, 2.45) is 11.3 Å². The number of alkyl halides is 2. The van der Waals surface area contributed by atoms with E-state index >= 15 is 13.2 Å². The second-order valence-corrected chi connectivity index (χ2v) is 18.5. The van der Waals surface area contributed by atoms with Crippen LogP contribution < -0.4 is 36.0 Å². The predicted molar refractivity (Wildman–Crippen MR) is 237 cm³/mol. The molecule has 4 fully saturated rings. The maximum Gasteiger partial charge on any atom is 0.293 e. The van der Waals surface area contributed by atoms with Gasteiger partial charge in [-0.1, -0.05) is 11.6 Å². The summed E-state index contributed by atoms with van der Waals surface area (Å²) < 4.78 is 55.4. The van der Waals surface area contributed by atoms with Gasteiger partial charge < -0.3 is 34.6 Å². The lowest BCUT2D eigenvalue weighted by molar-refractivity contribution is -0.181. The molecule has 65 heavy (non-hydrogen) atoms. The molecule has 0 aliphatic carbocycles. The molecule has 5 aliphatic rings. The van der Waals surface area contributed by atoms with Crippen LogP contribution in [-0.4, -0.2) is 119 Å². The summed E-state index contributed by atoms with van der Waals surface area (Å²) in [6.45, 7) is 5.22. The Morgan fingerprint density at radius 1 is 1.02 bits per heavy atom. The maximum atomic E-state index is 16.1. The molecule has 1 atom stereocenters. The third kappa shape index (κ3) is 8.21. The van der Waals surface area contributed by atoms with Crippen LogP contribution in [-0.2, 0) is 20.9 Å². The van der Waals surface area contributed by atoms with E-state index in [9.17, 15) is 24.0 Å². The van der Waals surface area contributed by atoms with Crippen LogP contribution >= 0.6 is 11.6 Å². The van der Waals surface area contributed by atoms with E-state index in [4.69, 9.17) is 21.3 Å². The number of imide groups is 1. The summed E-state index contributed by atoms with van der Waals surface area (Å²) in [5.41, 5.74) is 0.143. The van der Waals surface area contributed by atoms with E-state index in [-0.39, 0.29) is 98.0 Å². The summed E-state index contributed by atoms with van der Waals surface area (Å²) in [4.78, 5) is 78.4. The molecule has 4 saturated heterocycles. The van der Waals surface area contributed by atoms with Crippen molar-refractivity contribution >= 4 is 69.3 Å². The number of carbonyl (C=O) groups excluding carboxylic acids is 4. The van der Waals surface area contributed by atoms with Crippen molar-refractivity contribution in [1.82, 2.24) is 35.0 Å². The minimum absolute atomic E-state index is 0.0117. The van der Waals surface area contributed by atoms with Crippen molar-refractivity contribution in [1.29, 1.82) is 0 Å². The first-order valence-corrected chi connectivity index (χ1v) is 22.3. The molecule has 1 spiro atoms. The van der Waals surface area contributed by atoms with Gasteiger partial charge in [0.15, 0.2) is 24.0 Å². The third-order valence-electron chi connectivity index (χ3n) is 13.6. The lowest BCUT2D eigenvalue weighted by Crippen LogP contribution is -2.70. The Hall–Kier alpha value is -5.95. The number of likely N-dealkylation sites (tertiary alicyclic amines) is 1. The molecular formula is C45H50ClF3N10O6. The Morgan fingerprint density at radius 3 is 2.49 bits per heavy atom. The van der Waals surface area contributed by atoms with Crippen molar-refractivity contribution in [3.63, 3.8) is 0 Å². The lowest BCUT2D eigenvalue weighted by Gasteiger charge is -2.58. The number of carbonyl (C=O) groups is 4. The number of nitrogens with one attached hydrogen (secondary N) is 3. The van der Waals surface area contributed by atoms with Crippen LogP contribution in [0.5, 0.6) is 5.75 Å². The van der Waals surface area contributed by atoms with Gasteiger partial charge in [0.05, 0.1) is 35.9 Å². The van der Waals surface area contributed by atoms with Gasteiger partial charge in [-0.05, 0) is 88.4 Å². The van der Waals surface area contributed by atoms with Crippen LogP contribution in [0.4, 0.5) is 36.3 Å². The van der Waals surface area contributed by atoms with E-state index in [1.165, 1.54) is 30.3 Å². The number of halogens is 4. The molecule has 1 unspecified atom stereocenters. The fourth-order valence-corrected chi connectivity index (χ4v) is 10.1. The first kappa shape index (κ1) is 44.3. The van der Waals surface area contributed by atoms with E-state index in [1.54, 1.807) is 15.5 Å². The Balaban J connectivity index is 0.792. The number of benzene rings is 2. The number of likely N-dealkylation sites (N-methyl/N-ethyl adjacent to an activating group) is 1. The Labute approximate surface area is 377 Å². The van der Waals surface area contributed by atoms with Gasteiger partial charge in [-0.2, -0.15) is 4.98 Å². The molecular weight excluding hydrogens is 869 g/mol. The molecule has 16 nitrogen and oxygen atoms in total. The summed E-state index contributed by atoms with van der Waals surface area (Å²) in [6.07, 6.45) is 3.54. The monoisotopic (exact) mass is 918 g/mol. The number of pyridine rings is 1. The smallest absolute Gasteiger partial charge is 0.293 e. The summed E-state index contributed by atoms with van der Waals surface area (Å²) >= 11 is 6.57. The zero-order chi connectivity index (χ0) is 45.9. The molecule has 4 aromatic rings.